The highest BCUT2D eigenvalue weighted by molar-refractivity contribution is 5.53. The molecule has 6 nitrogen and oxygen atoms in total. The molecule has 2 atom stereocenters. The van der Waals surface area contributed by atoms with Gasteiger partial charge in [0.1, 0.15) is 11.5 Å². The summed E-state index contributed by atoms with van der Waals surface area (Å²) in [7, 11) is 0. The van der Waals surface area contributed by atoms with E-state index in [1.165, 1.54) is 12.3 Å². The third-order valence-electron chi connectivity index (χ3n) is 6.00. The first-order valence-corrected chi connectivity index (χ1v) is 10.6. The first-order chi connectivity index (χ1) is 14.3. The quantitative estimate of drug-likeness (QED) is 0.734. The Morgan fingerprint density at radius 1 is 1.13 bits per heavy atom. The minimum atomic E-state index is -4.45. The van der Waals surface area contributed by atoms with Crippen molar-refractivity contribution in [2.45, 2.75) is 63.7 Å². The zero-order chi connectivity index (χ0) is 21.3. The maximum absolute atomic E-state index is 12.8. The van der Waals surface area contributed by atoms with Crippen LogP contribution in [0.15, 0.2) is 18.3 Å². The van der Waals surface area contributed by atoms with E-state index in [1.807, 2.05) is 18.5 Å². The van der Waals surface area contributed by atoms with Crippen LogP contribution in [-0.2, 0) is 10.9 Å². The highest BCUT2D eigenvalue weighted by atomic mass is 19.4. The van der Waals surface area contributed by atoms with Crippen molar-refractivity contribution in [1.29, 1.82) is 0 Å². The Morgan fingerprint density at radius 2 is 1.97 bits per heavy atom. The van der Waals surface area contributed by atoms with Gasteiger partial charge in [0.05, 0.1) is 6.61 Å². The summed E-state index contributed by atoms with van der Waals surface area (Å²) in [6.07, 6.45) is 1.00. The number of pyridine rings is 1. The van der Waals surface area contributed by atoms with E-state index in [9.17, 15) is 13.2 Å². The fraction of sp³-hybridized carbons (Fsp3) is 0.667. The van der Waals surface area contributed by atoms with Crippen molar-refractivity contribution in [2.24, 2.45) is 0 Å². The highest BCUT2D eigenvalue weighted by Gasteiger charge is 2.35. The Bertz CT molecular complexity index is 841. The van der Waals surface area contributed by atoms with Crippen molar-refractivity contribution in [3.05, 3.63) is 29.8 Å². The van der Waals surface area contributed by atoms with Crippen LogP contribution in [0.5, 0.6) is 0 Å². The lowest BCUT2D eigenvalue weighted by atomic mass is 10.1. The Labute approximate surface area is 174 Å². The molecule has 0 bridgehead atoms. The fourth-order valence-corrected chi connectivity index (χ4v) is 4.46. The lowest BCUT2D eigenvalue weighted by molar-refractivity contribution is -0.141. The SMILES string of the molecule is CC(C)n1nc(-c2ccc(C(F)(F)F)nc2)nc1[C@H]1CCC(N2CCCOCC2)C1. The molecular weight excluding hydrogens is 395 g/mol. The summed E-state index contributed by atoms with van der Waals surface area (Å²) < 4.78 is 45.9. The van der Waals surface area contributed by atoms with Crippen LogP contribution in [0.25, 0.3) is 11.4 Å². The second-order valence-corrected chi connectivity index (χ2v) is 8.43. The van der Waals surface area contributed by atoms with E-state index in [-0.39, 0.29) is 6.04 Å². The molecule has 1 aliphatic heterocycles. The molecule has 4 rings (SSSR count). The third kappa shape index (κ3) is 4.51. The molecule has 164 valence electrons. The number of hydrogen-bond donors (Lipinski definition) is 0. The summed E-state index contributed by atoms with van der Waals surface area (Å²) in [6.45, 7) is 7.75. The molecule has 0 radical (unpaired) electrons. The summed E-state index contributed by atoms with van der Waals surface area (Å²) >= 11 is 0. The Hall–Kier alpha value is -2.00. The van der Waals surface area contributed by atoms with Crippen LogP contribution >= 0.6 is 0 Å². The summed E-state index contributed by atoms with van der Waals surface area (Å²) in [5.74, 6) is 1.66. The first kappa shape index (κ1) is 21.2. The lowest BCUT2D eigenvalue weighted by Crippen LogP contribution is -2.35. The molecule has 1 unspecified atom stereocenters. The van der Waals surface area contributed by atoms with Gasteiger partial charge in [-0.2, -0.15) is 18.3 Å². The van der Waals surface area contributed by atoms with Gasteiger partial charge in [-0.3, -0.25) is 9.88 Å². The zero-order valence-corrected chi connectivity index (χ0v) is 17.4. The smallest absolute Gasteiger partial charge is 0.380 e. The van der Waals surface area contributed by atoms with Gasteiger partial charge in [0.2, 0.25) is 0 Å². The summed E-state index contributed by atoms with van der Waals surface area (Å²) in [5, 5.41) is 4.62. The number of nitrogens with zero attached hydrogens (tertiary/aromatic N) is 5. The van der Waals surface area contributed by atoms with E-state index in [0.717, 1.165) is 63.9 Å². The molecule has 1 aliphatic carbocycles. The van der Waals surface area contributed by atoms with E-state index in [2.05, 4.69) is 15.0 Å². The molecule has 2 fully saturated rings. The van der Waals surface area contributed by atoms with E-state index in [0.29, 0.717) is 23.3 Å². The normalized spacial score (nSPS) is 23.8. The summed E-state index contributed by atoms with van der Waals surface area (Å²) in [6, 6.07) is 3.02. The maximum Gasteiger partial charge on any atom is 0.433 e. The molecule has 2 aromatic heterocycles. The average molecular weight is 423 g/mol. The second kappa shape index (κ2) is 8.63. The second-order valence-electron chi connectivity index (χ2n) is 8.43. The molecule has 3 heterocycles. The van der Waals surface area contributed by atoms with Gasteiger partial charge in [0.15, 0.2) is 5.82 Å². The number of alkyl halides is 3. The third-order valence-corrected chi connectivity index (χ3v) is 6.00. The van der Waals surface area contributed by atoms with Gasteiger partial charge < -0.3 is 4.74 Å². The van der Waals surface area contributed by atoms with Gasteiger partial charge in [-0.15, -0.1) is 0 Å². The van der Waals surface area contributed by atoms with Crippen LogP contribution in [0.2, 0.25) is 0 Å². The van der Waals surface area contributed by atoms with Crippen molar-refractivity contribution < 1.29 is 17.9 Å². The van der Waals surface area contributed by atoms with Gasteiger partial charge >= 0.3 is 6.18 Å². The Balaban J connectivity index is 1.54. The van der Waals surface area contributed by atoms with E-state index in [1.54, 1.807) is 0 Å². The Morgan fingerprint density at radius 3 is 2.67 bits per heavy atom. The van der Waals surface area contributed by atoms with Gasteiger partial charge in [0.25, 0.3) is 0 Å². The average Bonchev–Trinajstić information content (AvgIpc) is 3.28. The zero-order valence-electron chi connectivity index (χ0n) is 17.4. The van der Waals surface area contributed by atoms with Gasteiger partial charge in [-0.1, -0.05) is 0 Å². The molecule has 9 heteroatoms. The number of hydrogen-bond acceptors (Lipinski definition) is 5. The summed E-state index contributed by atoms with van der Waals surface area (Å²) in [4.78, 5) is 10.8. The highest BCUT2D eigenvalue weighted by Crippen LogP contribution is 2.38. The van der Waals surface area contributed by atoms with Crippen LogP contribution in [0.1, 0.15) is 63.0 Å². The molecule has 0 spiro atoms. The monoisotopic (exact) mass is 423 g/mol. The van der Waals surface area contributed by atoms with E-state index < -0.39 is 11.9 Å². The van der Waals surface area contributed by atoms with Crippen LogP contribution in [-0.4, -0.2) is 57.0 Å². The van der Waals surface area contributed by atoms with Crippen molar-refractivity contribution in [1.82, 2.24) is 24.6 Å². The predicted molar refractivity (Wildman–Crippen MR) is 106 cm³/mol. The molecule has 1 saturated carbocycles. The molecule has 30 heavy (non-hydrogen) atoms. The molecular formula is C21H28F3N5O. The Kier molecular flexibility index (Phi) is 6.11. The molecule has 0 aromatic carbocycles. The minimum absolute atomic E-state index is 0.120. The lowest BCUT2D eigenvalue weighted by Gasteiger charge is -2.26. The van der Waals surface area contributed by atoms with Gasteiger partial charge in [-0.05, 0) is 51.7 Å². The maximum atomic E-state index is 12.8. The molecule has 1 saturated heterocycles. The largest absolute Gasteiger partial charge is 0.433 e. The van der Waals surface area contributed by atoms with Gasteiger partial charge in [-0.25, -0.2) is 9.67 Å². The van der Waals surface area contributed by atoms with Crippen LogP contribution in [0, 0.1) is 0 Å². The number of rotatable bonds is 4. The topological polar surface area (TPSA) is 56.1 Å². The van der Waals surface area contributed by atoms with Crippen LogP contribution in [0.3, 0.4) is 0 Å². The molecule has 2 aromatic rings. The van der Waals surface area contributed by atoms with Crippen molar-refractivity contribution in [2.75, 3.05) is 26.3 Å². The predicted octanol–water partition coefficient (Wildman–Crippen LogP) is 4.30. The molecule has 0 N–H and O–H groups in total. The summed E-state index contributed by atoms with van der Waals surface area (Å²) in [5.41, 5.74) is -0.405. The van der Waals surface area contributed by atoms with Crippen molar-refractivity contribution in [3.63, 3.8) is 0 Å². The van der Waals surface area contributed by atoms with Gasteiger partial charge in [0, 0.05) is 49.5 Å². The fourth-order valence-electron chi connectivity index (χ4n) is 4.46. The van der Waals surface area contributed by atoms with Crippen molar-refractivity contribution in [3.8, 4) is 11.4 Å². The van der Waals surface area contributed by atoms with E-state index in [4.69, 9.17) is 9.72 Å². The van der Waals surface area contributed by atoms with E-state index >= 15 is 0 Å². The first-order valence-electron chi connectivity index (χ1n) is 10.6. The van der Waals surface area contributed by atoms with Crippen LogP contribution < -0.4 is 0 Å². The van der Waals surface area contributed by atoms with Crippen LogP contribution in [0.4, 0.5) is 13.2 Å². The molecule has 0 amide bonds. The number of ether oxygens (including phenoxy) is 1. The number of aromatic nitrogens is 4. The molecule has 2 aliphatic rings. The minimum Gasteiger partial charge on any atom is -0.380 e. The van der Waals surface area contributed by atoms with Crippen molar-refractivity contribution >= 4 is 0 Å². The standard InChI is InChI=1S/C21H28F3N5O/c1-14(2)29-20(15-4-6-17(12-15)28-8-3-10-30-11-9-28)26-19(27-29)16-5-7-18(25-13-16)21(22,23)24/h5,7,13-15,17H,3-4,6,8-12H2,1-2H3/t15-,17?/m0/s1. The number of halogens is 3.